The number of carbonyl (C=O) groups excluding carboxylic acids is 2. The van der Waals surface area contributed by atoms with Gasteiger partial charge in [0.05, 0.1) is 5.97 Å². The molecule has 14 heavy (non-hydrogen) atoms. The van der Waals surface area contributed by atoms with Crippen LogP contribution in [0.5, 0.6) is 5.75 Å². The summed E-state index contributed by atoms with van der Waals surface area (Å²) in [4.78, 5) is 21.1. The predicted octanol–water partition coefficient (Wildman–Crippen LogP) is -3.02. The van der Waals surface area contributed by atoms with E-state index in [0.717, 1.165) is 0 Å². The summed E-state index contributed by atoms with van der Waals surface area (Å²) in [5, 5.41) is 10.5. The Hall–Kier alpha value is -0.204. The largest absolute Gasteiger partial charge is 1.00 e. The molecule has 0 spiro atoms. The van der Waals surface area contributed by atoms with Crippen molar-refractivity contribution in [2.75, 3.05) is 0 Å². The van der Waals surface area contributed by atoms with Crippen molar-refractivity contribution in [2.24, 2.45) is 0 Å². The van der Waals surface area contributed by atoms with E-state index >= 15 is 0 Å². The summed E-state index contributed by atoms with van der Waals surface area (Å²) in [5.74, 6) is -1.92. The third-order valence-corrected chi connectivity index (χ3v) is 1.36. The number of hydrogen-bond acceptors (Lipinski definition) is 4. The molecule has 0 atom stereocenters. The van der Waals surface area contributed by atoms with Crippen LogP contribution < -0.4 is 61.2 Å². The van der Waals surface area contributed by atoms with E-state index in [1.54, 1.807) is 6.07 Å². The summed E-state index contributed by atoms with van der Waals surface area (Å²) >= 11 is 0. The third-order valence-electron chi connectivity index (χ3n) is 1.36. The molecule has 4 nitrogen and oxygen atoms in total. The Morgan fingerprint density at radius 1 is 1.29 bits per heavy atom. The Bertz CT molecular complexity index is 348. The second-order valence-electron chi connectivity index (χ2n) is 2.38. The molecule has 5 heteroatoms. The summed E-state index contributed by atoms with van der Waals surface area (Å²) in [6.07, 6.45) is 0. The van der Waals surface area contributed by atoms with Crippen LogP contribution in [0.4, 0.5) is 0 Å². The minimum Gasteiger partial charge on any atom is -0.545 e. The first kappa shape index (κ1) is 13.8. The number of aromatic carboxylic acids is 1. The maximum atomic E-state index is 10.6. The first-order valence-electron chi connectivity index (χ1n) is 3.60. The zero-order chi connectivity index (χ0) is 9.84. The van der Waals surface area contributed by atoms with E-state index < -0.39 is 11.9 Å². The Labute approximate surface area is 124 Å². The summed E-state index contributed by atoms with van der Waals surface area (Å²) in [6.45, 7) is 1.20. The molecule has 0 amide bonds. The number of carbonyl (C=O) groups is 2. The molecule has 0 N–H and O–H groups in total. The van der Waals surface area contributed by atoms with Crippen molar-refractivity contribution >= 4 is 11.9 Å². The average molecular weight is 218 g/mol. The average Bonchev–Trinajstić information content (AvgIpc) is 2.03. The minimum atomic E-state index is -1.36. The van der Waals surface area contributed by atoms with Gasteiger partial charge in [0.15, 0.2) is 0 Å². The molecule has 0 unspecified atom stereocenters. The Morgan fingerprint density at radius 3 is 2.36 bits per heavy atom. The normalized spacial score (nSPS) is 8.64. The van der Waals surface area contributed by atoms with Gasteiger partial charge >= 0.3 is 57.4 Å². The first-order chi connectivity index (χ1) is 6.11. The van der Waals surface area contributed by atoms with Gasteiger partial charge in [0.25, 0.3) is 0 Å². The van der Waals surface area contributed by atoms with Crippen molar-refractivity contribution in [3.05, 3.63) is 29.8 Å². The summed E-state index contributed by atoms with van der Waals surface area (Å²) in [6, 6.07) is 5.81. The molecule has 0 aromatic heterocycles. The number of para-hydroxylation sites is 1. The van der Waals surface area contributed by atoms with Crippen molar-refractivity contribution in [1.82, 2.24) is 0 Å². The van der Waals surface area contributed by atoms with E-state index in [9.17, 15) is 14.7 Å². The van der Waals surface area contributed by atoms with Crippen molar-refractivity contribution in [2.45, 2.75) is 6.92 Å². The number of rotatable bonds is 2. The van der Waals surface area contributed by atoms with Crippen LogP contribution in [0.2, 0.25) is 0 Å². The molecule has 0 saturated carbocycles. The van der Waals surface area contributed by atoms with Crippen LogP contribution in [0.3, 0.4) is 0 Å². The van der Waals surface area contributed by atoms with Crippen LogP contribution >= 0.6 is 0 Å². The molecule has 0 aliphatic carbocycles. The monoisotopic (exact) mass is 218 g/mol. The van der Waals surface area contributed by atoms with Crippen LogP contribution in [0.1, 0.15) is 17.3 Å². The second-order valence-corrected chi connectivity index (χ2v) is 2.38. The first-order valence-corrected chi connectivity index (χ1v) is 3.60. The molecule has 0 aliphatic heterocycles. The maximum Gasteiger partial charge on any atom is 1.00 e. The van der Waals surface area contributed by atoms with Gasteiger partial charge in [-0.3, -0.25) is 4.79 Å². The van der Waals surface area contributed by atoms with Gasteiger partial charge in [0, 0.05) is 12.5 Å². The summed E-state index contributed by atoms with van der Waals surface area (Å²) in [7, 11) is 0. The van der Waals surface area contributed by atoms with Gasteiger partial charge < -0.3 is 14.6 Å². The molecule has 0 radical (unpaired) electrons. The molecule has 0 saturated heterocycles. The van der Waals surface area contributed by atoms with Crippen molar-refractivity contribution in [3.8, 4) is 5.75 Å². The molecule has 1 aromatic carbocycles. The molecular formula is C9H7KO4. The van der Waals surface area contributed by atoms with Gasteiger partial charge in [-0.25, -0.2) is 0 Å². The zero-order valence-corrected chi connectivity index (χ0v) is 11.1. The summed E-state index contributed by atoms with van der Waals surface area (Å²) < 4.78 is 4.65. The van der Waals surface area contributed by atoms with Gasteiger partial charge in [-0.05, 0) is 12.1 Å². The molecule has 0 aliphatic rings. The number of hydrogen-bond donors (Lipinski definition) is 0. The fourth-order valence-electron chi connectivity index (χ4n) is 0.879. The Morgan fingerprint density at radius 2 is 1.86 bits per heavy atom. The molecule has 0 heterocycles. The number of carboxylic acid groups (broad SMARTS) is 1. The third kappa shape index (κ3) is 3.89. The van der Waals surface area contributed by atoms with Gasteiger partial charge in [0.1, 0.15) is 5.75 Å². The number of ether oxygens (including phenoxy) is 1. The van der Waals surface area contributed by atoms with E-state index in [1.165, 1.54) is 25.1 Å². The molecule has 68 valence electrons. The molecule has 0 bridgehead atoms. The summed E-state index contributed by atoms with van der Waals surface area (Å²) in [5.41, 5.74) is -0.127. The number of benzene rings is 1. The SMILES string of the molecule is CC(=O)Oc1ccccc1C(=O)[O-].[K+]. The van der Waals surface area contributed by atoms with E-state index in [0.29, 0.717) is 0 Å². The number of esters is 1. The zero-order valence-electron chi connectivity index (χ0n) is 7.94. The van der Waals surface area contributed by atoms with Crippen LogP contribution in [0.15, 0.2) is 24.3 Å². The smallest absolute Gasteiger partial charge is 0.545 e. The fraction of sp³-hybridized carbons (Fsp3) is 0.111. The van der Waals surface area contributed by atoms with Crippen LogP contribution in [0.25, 0.3) is 0 Å². The van der Waals surface area contributed by atoms with Gasteiger partial charge in [0.2, 0.25) is 0 Å². The maximum absolute atomic E-state index is 10.6. The molecular weight excluding hydrogens is 211 g/mol. The van der Waals surface area contributed by atoms with E-state index in [2.05, 4.69) is 4.74 Å². The minimum absolute atomic E-state index is 0. The molecule has 1 rings (SSSR count). The van der Waals surface area contributed by atoms with Crippen LogP contribution in [0, 0.1) is 0 Å². The van der Waals surface area contributed by atoms with Crippen LogP contribution in [-0.4, -0.2) is 11.9 Å². The molecule has 1 aromatic rings. The standard InChI is InChI=1S/C9H8O4.K/c1-6(10)13-8-5-3-2-4-7(8)9(11)12;/h2-5H,1H3,(H,11,12);/q;+1/p-1. The second kappa shape index (κ2) is 6.31. The number of carboxylic acids is 1. The fourth-order valence-corrected chi connectivity index (χ4v) is 0.879. The Balaban J connectivity index is 0.00000169. The quantitative estimate of drug-likeness (QED) is 0.301. The van der Waals surface area contributed by atoms with Gasteiger partial charge in [-0.2, -0.15) is 0 Å². The van der Waals surface area contributed by atoms with E-state index in [1.807, 2.05) is 0 Å². The van der Waals surface area contributed by atoms with Crippen molar-refractivity contribution < 1.29 is 70.8 Å². The van der Waals surface area contributed by atoms with Crippen molar-refractivity contribution in [1.29, 1.82) is 0 Å². The van der Waals surface area contributed by atoms with E-state index in [4.69, 9.17) is 0 Å². The van der Waals surface area contributed by atoms with Gasteiger partial charge in [-0.15, -0.1) is 0 Å². The van der Waals surface area contributed by atoms with Crippen LogP contribution in [-0.2, 0) is 4.79 Å². The van der Waals surface area contributed by atoms with Crippen molar-refractivity contribution in [3.63, 3.8) is 0 Å². The molecule has 0 fully saturated rings. The van der Waals surface area contributed by atoms with Gasteiger partial charge in [-0.1, -0.05) is 12.1 Å². The predicted molar refractivity (Wildman–Crippen MR) is 42.1 cm³/mol. The van der Waals surface area contributed by atoms with E-state index in [-0.39, 0.29) is 62.7 Å². The Kier molecular flexibility index (Phi) is 6.22. The topological polar surface area (TPSA) is 66.4 Å².